The van der Waals surface area contributed by atoms with Crippen LogP contribution >= 0.6 is 15.9 Å². The van der Waals surface area contributed by atoms with E-state index in [4.69, 9.17) is 0 Å². The van der Waals surface area contributed by atoms with Gasteiger partial charge in [-0.2, -0.15) is 0 Å². The van der Waals surface area contributed by atoms with E-state index in [0.717, 1.165) is 0 Å². The summed E-state index contributed by atoms with van der Waals surface area (Å²) in [6.45, 7) is 3.23. The van der Waals surface area contributed by atoms with Gasteiger partial charge in [0.25, 0.3) is 0 Å². The topological polar surface area (TPSA) is 54.4 Å². The molecule has 0 aromatic heterocycles. The quantitative estimate of drug-likeness (QED) is 0.623. The highest BCUT2D eigenvalue weighted by atomic mass is 79.9. The smallest absolute Gasteiger partial charge is 0.154 e. The normalized spacial score (nSPS) is 49.5. The van der Waals surface area contributed by atoms with Crippen molar-refractivity contribution in [2.75, 3.05) is 11.5 Å². The number of aliphatic hydroxyl groups is 1. The zero-order valence-corrected chi connectivity index (χ0v) is 8.87. The molecule has 0 bridgehead atoms. The zero-order valence-electron chi connectivity index (χ0n) is 6.46. The zero-order chi connectivity index (χ0) is 8.91. The molecule has 0 radical (unpaired) electrons. The summed E-state index contributed by atoms with van der Waals surface area (Å²) in [6.07, 6.45) is 0. The lowest BCUT2D eigenvalue weighted by Gasteiger charge is -2.28. The summed E-state index contributed by atoms with van der Waals surface area (Å²) in [7, 11) is -3.06. The Morgan fingerprint density at radius 2 is 1.82 bits per heavy atom. The number of halogens is 1. The first kappa shape index (κ1) is 9.48. The van der Waals surface area contributed by atoms with Crippen molar-refractivity contribution in [1.82, 2.24) is 0 Å². The minimum Gasteiger partial charge on any atom is -0.388 e. The first-order valence-electron chi connectivity index (χ1n) is 3.28. The maximum Gasteiger partial charge on any atom is 0.154 e. The standard InChI is InChI=1S/C6H11BrO3S/c1-5(7)3-11(9,10)4-6(5,2)8/h8H,3-4H2,1-2H3/t5-,6-/m1/s1. The highest BCUT2D eigenvalue weighted by molar-refractivity contribution is 9.10. The van der Waals surface area contributed by atoms with Crippen LogP contribution < -0.4 is 0 Å². The second-order valence-electron chi connectivity index (χ2n) is 3.50. The summed E-state index contributed by atoms with van der Waals surface area (Å²) in [4.78, 5) is 0. The van der Waals surface area contributed by atoms with Crippen molar-refractivity contribution in [3.8, 4) is 0 Å². The van der Waals surface area contributed by atoms with Crippen molar-refractivity contribution >= 4 is 25.8 Å². The maximum absolute atomic E-state index is 11.1. The van der Waals surface area contributed by atoms with Gasteiger partial charge in [0.2, 0.25) is 0 Å². The fourth-order valence-corrected chi connectivity index (χ4v) is 4.98. The molecule has 0 aliphatic carbocycles. The van der Waals surface area contributed by atoms with Crippen LogP contribution in [0.3, 0.4) is 0 Å². The Morgan fingerprint density at radius 1 is 1.36 bits per heavy atom. The summed E-state index contributed by atoms with van der Waals surface area (Å²) in [6, 6.07) is 0. The molecule has 66 valence electrons. The lowest BCUT2D eigenvalue weighted by molar-refractivity contribution is 0.0650. The van der Waals surface area contributed by atoms with Crippen LogP contribution in [0.1, 0.15) is 13.8 Å². The molecule has 0 aromatic rings. The summed E-state index contributed by atoms with van der Waals surface area (Å²) in [5, 5.41) is 9.63. The summed E-state index contributed by atoms with van der Waals surface area (Å²) in [5.74, 6) is -0.144. The van der Waals surface area contributed by atoms with Crippen LogP contribution in [0.25, 0.3) is 0 Å². The van der Waals surface area contributed by atoms with Gasteiger partial charge < -0.3 is 5.11 Å². The number of hydrogen-bond acceptors (Lipinski definition) is 3. The fraction of sp³-hybridized carbons (Fsp3) is 1.00. The molecule has 1 N–H and O–H groups in total. The predicted octanol–water partition coefficient (Wildman–Crippen LogP) is 0.319. The van der Waals surface area contributed by atoms with Crippen LogP contribution in [0.15, 0.2) is 0 Å². The third kappa shape index (κ3) is 1.60. The molecule has 3 nitrogen and oxygen atoms in total. The highest BCUT2D eigenvalue weighted by Crippen LogP contribution is 2.39. The van der Waals surface area contributed by atoms with Gasteiger partial charge in [-0.1, -0.05) is 15.9 Å². The molecule has 0 unspecified atom stereocenters. The third-order valence-corrected chi connectivity index (χ3v) is 5.64. The van der Waals surface area contributed by atoms with Crippen molar-refractivity contribution in [2.24, 2.45) is 0 Å². The van der Waals surface area contributed by atoms with Crippen molar-refractivity contribution < 1.29 is 13.5 Å². The van der Waals surface area contributed by atoms with E-state index in [1.165, 1.54) is 6.92 Å². The average molecular weight is 243 g/mol. The molecular formula is C6H11BrO3S. The maximum atomic E-state index is 11.1. The second kappa shape index (κ2) is 2.20. The third-order valence-electron chi connectivity index (χ3n) is 2.11. The van der Waals surface area contributed by atoms with E-state index >= 15 is 0 Å². The van der Waals surface area contributed by atoms with E-state index in [2.05, 4.69) is 15.9 Å². The summed E-state index contributed by atoms with van der Waals surface area (Å²) >= 11 is 3.21. The highest BCUT2D eigenvalue weighted by Gasteiger charge is 2.53. The van der Waals surface area contributed by atoms with Gasteiger partial charge >= 0.3 is 0 Å². The Kier molecular flexibility index (Phi) is 1.90. The SMILES string of the molecule is C[C@@]1(O)CS(=O)(=O)C[C@@]1(C)Br. The monoisotopic (exact) mass is 242 g/mol. The van der Waals surface area contributed by atoms with Crippen LogP contribution in [-0.2, 0) is 9.84 Å². The first-order chi connectivity index (χ1) is 4.66. The summed E-state index contributed by atoms with van der Waals surface area (Å²) < 4.78 is 21.4. The van der Waals surface area contributed by atoms with Crippen LogP contribution in [0.2, 0.25) is 0 Å². The average Bonchev–Trinajstić information content (AvgIpc) is 1.66. The molecule has 1 aliphatic heterocycles. The minimum absolute atomic E-state index is 0.00694. The lowest BCUT2D eigenvalue weighted by atomic mass is 9.95. The number of hydrogen-bond donors (Lipinski definition) is 1. The van der Waals surface area contributed by atoms with E-state index in [9.17, 15) is 13.5 Å². The van der Waals surface area contributed by atoms with Crippen molar-refractivity contribution in [3.05, 3.63) is 0 Å². The molecule has 5 heteroatoms. The first-order valence-corrected chi connectivity index (χ1v) is 5.89. The number of rotatable bonds is 0. The minimum atomic E-state index is -3.06. The van der Waals surface area contributed by atoms with Gasteiger partial charge in [0, 0.05) is 0 Å². The Labute approximate surface area is 74.8 Å². The molecule has 0 aromatic carbocycles. The van der Waals surface area contributed by atoms with Crippen molar-refractivity contribution in [3.63, 3.8) is 0 Å². The largest absolute Gasteiger partial charge is 0.388 e. The molecular weight excluding hydrogens is 232 g/mol. The van der Waals surface area contributed by atoms with Gasteiger partial charge in [-0.05, 0) is 13.8 Å². The van der Waals surface area contributed by atoms with Gasteiger partial charge in [0.05, 0.1) is 21.4 Å². The van der Waals surface area contributed by atoms with E-state index < -0.39 is 19.8 Å². The molecule has 1 saturated heterocycles. The van der Waals surface area contributed by atoms with Gasteiger partial charge in [0.1, 0.15) is 0 Å². The van der Waals surface area contributed by atoms with E-state index in [-0.39, 0.29) is 11.5 Å². The number of sulfone groups is 1. The molecule has 0 amide bonds. The molecule has 1 heterocycles. The Balaban J connectivity index is 3.08. The number of alkyl halides is 1. The van der Waals surface area contributed by atoms with Crippen molar-refractivity contribution in [2.45, 2.75) is 23.8 Å². The van der Waals surface area contributed by atoms with Crippen LogP contribution in [-0.4, -0.2) is 35.0 Å². The van der Waals surface area contributed by atoms with E-state index in [0.29, 0.717) is 0 Å². The molecule has 1 fully saturated rings. The Hall–Kier alpha value is 0.390. The Bertz CT molecular complexity index is 244. The van der Waals surface area contributed by atoms with Crippen LogP contribution in [0, 0.1) is 0 Å². The molecule has 11 heavy (non-hydrogen) atoms. The fourth-order valence-electron chi connectivity index (χ4n) is 1.20. The van der Waals surface area contributed by atoms with E-state index in [1.807, 2.05) is 0 Å². The van der Waals surface area contributed by atoms with Gasteiger partial charge in [-0.3, -0.25) is 0 Å². The molecule has 2 atom stereocenters. The van der Waals surface area contributed by atoms with Crippen LogP contribution in [0.5, 0.6) is 0 Å². The van der Waals surface area contributed by atoms with Gasteiger partial charge in [-0.25, -0.2) is 8.42 Å². The molecule has 0 saturated carbocycles. The molecule has 1 rings (SSSR count). The van der Waals surface area contributed by atoms with Crippen LogP contribution in [0.4, 0.5) is 0 Å². The molecule has 1 aliphatic rings. The Morgan fingerprint density at radius 3 is 1.91 bits per heavy atom. The van der Waals surface area contributed by atoms with Crippen molar-refractivity contribution in [1.29, 1.82) is 0 Å². The lowest BCUT2D eigenvalue weighted by Crippen LogP contribution is -2.43. The van der Waals surface area contributed by atoms with Gasteiger partial charge in [-0.15, -0.1) is 0 Å². The second-order valence-corrected chi connectivity index (χ2v) is 7.32. The van der Waals surface area contributed by atoms with Gasteiger partial charge in [0.15, 0.2) is 9.84 Å². The predicted molar refractivity (Wildman–Crippen MR) is 46.6 cm³/mol. The summed E-state index contributed by atoms with van der Waals surface area (Å²) in [5.41, 5.74) is -1.15. The van der Waals surface area contributed by atoms with E-state index in [1.54, 1.807) is 6.92 Å². The molecule has 0 spiro atoms.